The molecule has 1 aromatic carbocycles. The second-order valence-electron chi connectivity index (χ2n) is 4.62. The number of ether oxygens (including phenoxy) is 1. The number of likely N-dealkylation sites (N-methyl/N-ethyl adjacent to an activating group) is 2. The molecular formula is C14H21ClN2O4S. The third-order valence-electron chi connectivity index (χ3n) is 3.31. The summed E-state index contributed by atoms with van der Waals surface area (Å²) in [4.78, 5) is 13.6. The van der Waals surface area contributed by atoms with Gasteiger partial charge in [0.15, 0.2) is 0 Å². The Labute approximate surface area is 136 Å². The number of amides is 1. The average Bonchev–Trinajstić information content (AvgIpc) is 2.48. The lowest BCUT2D eigenvalue weighted by atomic mass is 10.3. The summed E-state index contributed by atoms with van der Waals surface area (Å²) in [5, 5.41) is 0.201. The lowest BCUT2D eigenvalue weighted by Gasteiger charge is -2.23. The summed E-state index contributed by atoms with van der Waals surface area (Å²) in [7, 11) is -0.967. The first-order valence-electron chi connectivity index (χ1n) is 6.85. The second-order valence-corrected chi connectivity index (χ2v) is 7.08. The highest BCUT2D eigenvalue weighted by atomic mass is 35.5. The lowest BCUT2D eigenvalue weighted by molar-refractivity contribution is -0.130. The van der Waals surface area contributed by atoms with Crippen LogP contribution in [0, 0.1) is 0 Å². The predicted molar refractivity (Wildman–Crippen MR) is 85.7 cm³/mol. The van der Waals surface area contributed by atoms with E-state index in [1.165, 1.54) is 32.4 Å². The molecule has 0 radical (unpaired) electrons. The van der Waals surface area contributed by atoms with Gasteiger partial charge in [0.2, 0.25) is 15.9 Å². The topological polar surface area (TPSA) is 66.9 Å². The van der Waals surface area contributed by atoms with Gasteiger partial charge in [0.25, 0.3) is 0 Å². The van der Waals surface area contributed by atoms with Crippen molar-refractivity contribution in [2.24, 2.45) is 0 Å². The third kappa shape index (κ3) is 4.12. The van der Waals surface area contributed by atoms with Crippen LogP contribution in [0.25, 0.3) is 0 Å². The number of hydrogen-bond donors (Lipinski definition) is 0. The molecule has 0 aliphatic heterocycles. The number of halogens is 1. The van der Waals surface area contributed by atoms with Gasteiger partial charge in [-0.25, -0.2) is 8.42 Å². The molecule has 0 bridgehead atoms. The van der Waals surface area contributed by atoms with Gasteiger partial charge in [-0.3, -0.25) is 4.79 Å². The number of hydrogen-bond acceptors (Lipinski definition) is 4. The van der Waals surface area contributed by atoms with Crippen molar-refractivity contribution in [1.29, 1.82) is 0 Å². The van der Waals surface area contributed by atoms with E-state index in [0.717, 1.165) is 4.31 Å². The molecule has 0 aliphatic carbocycles. The molecule has 0 aliphatic rings. The van der Waals surface area contributed by atoms with Gasteiger partial charge in [-0.2, -0.15) is 4.31 Å². The maximum absolute atomic E-state index is 12.5. The first-order valence-corrected chi connectivity index (χ1v) is 8.67. The van der Waals surface area contributed by atoms with Crippen LogP contribution in [0.15, 0.2) is 23.1 Å². The standard InChI is InChI=1S/C14H21ClN2O4S/c1-5-17(6-2)14(18)10-16(3)22(19,20)11-7-8-13(21-4)12(15)9-11/h7-9H,5-6,10H2,1-4H3. The largest absolute Gasteiger partial charge is 0.495 e. The van der Waals surface area contributed by atoms with Crippen LogP contribution in [0.3, 0.4) is 0 Å². The van der Waals surface area contributed by atoms with Crippen LogP contribution in [0.2, 0.25) is 5.02 Å². The summed E-state index contributed by atoms with van der Waals surface area (Å²) in [6, 6.07) is 4.20. The van der Waals surface area contributed by atoms with Crippen LogP contribution >= 0.6 is 11.6 Å². The second kappa shape index (κ2) is 7.80. The predicted octanol–water partition coefficient (Wildman–Crippen LogP) is 1.84. The summed E-state index contributed by atoms with van der Waals surface area (Å²) >= 11 is 5.96. The van der Waals surface area contributed by atoms with Crippen LogP contribution in [0.5, 0.6) is 5.75 Å². The maximum Gasteiger partial charge on any atom is 0.243 e. The number of carbonyl (C=O) groups excluding carboxylic acids is 1. The van der Waals surface area contributed by atoms with Crippen molar-refractivity contribution in [2.75, 3.05) is 33.8 Å². The molecule has 6 nitrogen and oxygen atoms in total. The highest BCUT2D eigenvalue weighted by molar-refractivity contribution is 7.89. The quantitative estimate of drug-likeness (QED) is 0.754. The fourth-order valence-electron chi connectivity index (χ4n) is 1.94. The summed E-state index contributed by atoms with van der Waals surface area (Å²) < 4.78 is 31.0. The van der Waals surface area contributed by atoms with E-state index in [4.69, 9.17) is 16.3 Å². The van der Waals surface area contributed by atoms with Gasteiger partial charge in [-0.05, 0) is 32.0 Å². The SMILES string of the molecule is CCN(CC)C(=O)CN(C)S(=O)(=O)c1ccc(OC)c(Cl)c1. The number of rotatable bonds is 7. The Kier molecular flexibility index (Phi) is 6.65. The van der Waals surface area contributed by atoms with E-state index in [9.17, 15) is 13.2 Å². The highest BCUT2D eigenvalue weighted by Crippen LogP contribution is 2.28. The van der Waals surface area contributed by atoms with Gasteiger partial charge in [-0.1, -0.05) is 11.6 Å². The fraction of sp³-hybridized carbons (Fsp3) is 0.500. The summed E-state index contributed by atoms with van der Waals surface area (Å²) in [5.41, 5.74) is 0. The zero-order chi connectivity index (χ0) is 16.9. The summed E-state index contributed by atoms with van der Waals surface area (Å²) in [6.07, 6.45) is 0. The van der Waals surface area contributed by atoms with Crippen LogP contribution < -0.4 is 4.74 Å². The zero-order valence-electron chi connectivity index (χ0n) is 13.2. The fourth-order valence-corrected chi connectivity index (χ4v) is 3.41. The van der Waals surface area contributed by atoms with Gasteiger partial charge in [0.05, 0.1) is 23.6 Å². The van der Waals surface area contributed by atoms with Crippen molar-refractivity contribution in [2.45, 2.75) is 18.7 Å². The van der Waals surface area contributed by atoms with E-state index in [0.29, 0.717) is 18.8 Å². The average molecular weight is 349 g/mol. The first-order chi connectivity index (χ1) is 10.3. The van der Waals surface area contributed by atoms with Crippen LogP contribution in [-0.4, -0.2) is 57.3 Å². The molecule has 0 spiro atoms. The molecule has 124 valence electrons. The van der Waals surface area contributed by atoms with E-state index >= 15 is 0 Å². The molecule has 0 heterocycles. The van der Waals surface area contributed by atoms with Crippen molar-refractivity contribution >= 4 is 27.5 Å². The molecule has 8 heteroatoms. The Morgan fingerprint density at radius 2 is 1.86 bits per heavy atom. The molecule has 1 rings (SSSR count). The minimum Gasteiger partial charge on any atom is -0.495 e. The van der Waals surface area contributed by atoms with E-state index in [1.807, 2.05) is 13.8 Å². The smallest absolute Gasteiger partial charge is 0.243 e. The molecule has 0 aromatic heterocycles. The van der Waals surface area contributed by atoms with Crippen molar-refractivity contribution in [3.05, 3.63) is 23.2 Å². The van der Waals surface area contributed by atoms with Gasteiger partial charge in [-0.15, -0.1) is 0 Å². The Morgan fingerprint density at radius 3 is 2.32 bits per heavy atom. The lowest BCUT2D eigenvalue weighted by Crippen LogP contribution is -2.40. The molecular weight excluding hydrogens is 328 g/mol. The van der Waals surface area contributed by atoms with Crippen molar-refractivity contribution in [1.82, 2.24) is 9.21 Å². The number of benzene rings is 1. The van der Waals surface area contributed by atoms with E-state index in [2.05, 4.69) is 0 Å². The van der Waals surface area contributed by atoms with E-state index in [-0.39, 0.29) is 22.4 Å². The molecule has 0 fully saturated rings. The van der Waals surface area contributed by atoms with Crippen molar-refractivity contribution < 1.29 is 17.9 Å². The Hall–Kier alpha value is -1.31. The molecule has 0 atom stereocenters. The molecule has 22 heavy (non-hydrogen) atoms. The Balaban J connectivity index is 2.98. The number of nitrogens with zero attached hydrogens (tertiary/aromatic N) is 2. The van der Waals surface area contributed by atoms with Gasteiger partial charge in [0, 0.05) is 20.1 Å². The molecule has 0 saturated heterocycles. The zero-order valence-corrected chi connectivity index (χ0v) is 14.7. The summed E-state index contributed by atoms with van der Waals surface area (Å²) in [5.74, 6) is 0.151. The molecule has 0 saturated carbocycles. The summed E-state index contributed by atoms with van der Waals surface area (Å²) in [6.45, 7) is 4.56. The number of carbonyl (C=O) groups is 1. The van der Waals surface area contributed by atoms with E-state index in [1.54, 1.807) is 4.90 Å². The number of methoxy groups -OCH3 is 1. The maximum atomic E-state index is 12.5. The minimum atomic E-state index is -3.79. The van der Waals surface area contributed by atoms with E-state index < -0.39 is 10.0 Å². The van der Waals surface area contributed by atoms with Gasteiger partial charge >= 0.3 is 0 Å². The normalized spacial score (nSPS) is 11.5. The monoisotopic (exact) mass is 348 g/mol. The van der Waals surface area contributed by atoms with Gasteiger partial charge < -0.3 is 9.64 Å². The molecule has 1 aromatic rings. The Bertz CT molecular complexity index is 630. The number of sulfonamides is 1. The minimum absolute atomic E-state index is 0.0214. The van der Waals surface area contributed by atoms with Crippen LogP contribution in [0.4, 0.5) is 0 Å². The third-order valence-corrected chi connectivity index (χ3v) is 5.40. The van der Waals surface area contributed by atoms with Crippen LogP contribution in [0.1, 0.15) is 13.8 Å². The first kappa shape index (κ1) is 18.7. The van der Waals surface area contributed by atoms with Crippen LogP contribution in [-0.2, 0) is 14.8 Å². The van der Waals surface area contributed by atoms with Gasteiger partial charge in [0.1, 0.15) is 5.75 Å². The molecule has 0 N–H and O–H groups in total. The highest BCUT2D eigenvalue weighted by Gasteiger charge is 2.25. The Morgan fingerprint density at radius 1 is 1.27 bits per heavy atom. The van der Waals surface area contributed by atoms with Crippen molar-refractivity contribution in [3.8, 4) is 5.75 Å². The molecule has 1 amide bonds. The van der Waals surface area contributed by atoms with Crippen molar-refractivity contribution in [3.63, 3.8) is 0 Å². The molecule has 0 unspecified atom stereocenters.